The Morgan fingerprint density at radius 3 is 2.15 bits per heavy atom. The Balaban J connectivity index is 1.60. The normalized spacial score (nSPS) is 11.3. The minimum Gasteiger partial charge on any atom is -0.488 e. The lowest BCUT2D eigenvalue weighted by Gasteiger charge is -2.38. The Labute approximate surface area is 286 Å². The average molecular weight is 663 g/mol. The van der Waals surface area contributed by atoms with Crippen molar-refractivity contribution in [1.82, 2.24) is 4.98 Å². The maximum atomic E-state index is 11.8. The van der Waals surface area contributed by atoms with Gasteiger partial charge in [0, 0.05) is 24.0 Å². The van der Waals surface area contributed by atoms with Gasteiger partial charge in [-0.15, -0.1) is 5.54 Å². The van der Waals surface area contributed by atoms with E-state index in [2.05, 4.69) is 101 Å². The summed E-state index contributed by atoms with van der Waals surface area (Å²) in [7, 11) is -1.86. The minimum atomic E-state index is -1.86. The maximum Gasteiger partial charge on any atom is 0.205 e. The molecule has 0 N–H and O–H groups in total. The third kappa shape index (κ3) is 7.79. The number of benzene rings is 3. The Hall–Kier alpha value is -4.36. The van der Waals surface area contributed by atoms with Crippen molar-refractivity contribution in [2.75, 3.05) is 0 Å². The molecule has 1 heterocycles. The van der Waals surface area contributed by atoms with E-state index in [-0.39, 0.29) is 13.2 Å². The summed E-state index contributed by atoms with van der Waals surface area (Å²) >= 11 is 6.54. The van der Waals surface area contributed by atoms with Crippen LogP contribution in [0.4, 0.5) is 5.69 Å². The number of halogens is 1. The number of rotatable bonds is 11. The lowest BCUT2D eigenvalue weighted by atomic mass is 9.92. The van der Waals surface area contributed by atoms with Gasteiger partial charge in [0.15, 0.2) is 6.29 Å². The Morgan fingerprint density at radius 1 is 0.872 bits per heavy atom. The van der Waals surface area contributed by atoms with Crippen molar-refractivity contribution in [3.8, 4) is 34.1 Å². The van der Waals surface area contributed by atoms with Crippen LogP contribution in [0.1, 0.15) is 79.7 Å². The van der Waals surface area contributed by atoms with Crippen LogP contribution in [0.3, 0.4) is 0 Å². The molecule has 4 aromatic rings. The molecule has 1 aromatic heterocycles. The van der Waals surface area contributed by atoms with E-state index in [0.717, 1.165) is 27.8 Å². The van der Waals surface area contributed by atoms with Gasteiger partial charge in [-0.05, 0) is 82.1 Å². The number of hydrogen-bond donors (Lipinski definition) is 0. The van der Waals surface area contributed by atoms with Crippen molar-refractivity contribution in [2.24, 2.45) is 0 Å². The number of aromatic nitrogens is 1. The molecule has 7 heteroatoms. The summed E-state index contributed by atoms with van der Waals surface area (Å²) in [4.78, 5) is 19.3. The zero-order valence-electron chi connectivity index (χ0n) is 28.6. The van der Waals surface area contributed by atoms with E-state index in [9.17, 15) is 4.79 Å². The van der Waals surface area contributed by atoms with Crippen molar-refractivity contribution in [3.05, 3.63) is 117 Å². The fraction of sp³-hybridized carbons (Fsp3) is 0.325. The highest BCUT2D eigenvalue weighted by atomic mass is 35.5. The molecule has 0 saturated carbocycles. The number of aldehydes is 1. The number of pyridine rings is 1. The van der Waals surface area contributed by atoms with Crippen LogP contribution in [0.25, 0.3) is 16.0 Å². The Kier molecular flexibility index (Phi) is 11.7. The van der Waals surface area contributed by atoms with Gasteiger partial charge in [-0.1, -0.05) is 89.4 Å². The van der Waals surface area contributed by atoms with Crippen LogP contribution in [0, 0.1) is 31.9 Å². The van der Waals surface area contributed by atoms with E-state index in [0.29, 0.717) is 56.2 Å². The van der Waals surface area contributed by atoms with Crippen molar-refractivity contribution in [1.29, 1.82) is 0 Å². The first-order valence-corrected chi connectivity index (χ1v) is 18.6. The second kappa shape index (κ2) is 15.5. The van der Waals surface area contributed by atoms with E-state index in [4.69, 9.17) is 27.6 Å². The first kappa shape index (κ1) is 35.5. The predicted molar refractivity (Wildman–Crippen MR) is 195 cm³/mol. The van der Waals surface area contributed by atoms with Gasteiger partial charge < -0.3 is 9.47 Å². The van der Waals surface area contributed by atoms with Gasteiger partial charge in [0.2, 0.25) is 5.69 Å². The van der Waals surface area contributed by atoms with Gasteiger partial charge in [-0.25, -0.2) is 4.85 Å². The van der Waals surface area contributed by atoms with Crippen LogP contribution in [0.5, 0.6) is 11.5 Å². The first-order chi connectivity index (χ1) is 22.4. The van der Waals surface area contributed by atoms with Gasteiger partial charge in [0.25, 0.3) is 0 Å². The SMILES string of the molecule is [C-]#[N+]c1cncc(COc2cc(OCc3cccc(-c4cccc(C#C[Si](C(C)C)(C(C)C)C(C)C)c4C)c3C)c(Cl)cc2C=O)c1. The quantitative estimate of drug-likeness (QED) is 0.0694. The summed E-state index contributed by atoms with van der Waals surface area (Å²) in [6.07, 6.45) is 3.81. The molecule has 0 spiro atoms. The topological polar surface area (TPSA) is 52.8 Å². The summed E-state index contributed by atoms with van der Waals surface area (Å²) in [5.74, 6) is 4.40. The smallest absolute Gasteiger partial charge is 0.205 e. The molecular weight excluding hydrogens is 620 g/mol. The average Bonchev–Trinajstić information content (AvgIpc) is 3.04. The summed E-state index contributed by atoms with van der Waals surface area (Å²) in [6.45, 7) is 25.9. The van der Waals surface area contributed by atoms with Gasteiger partial charge >= 0.3 is 0 Å². The molecule has 4 rings (SSSR count). The lowest BCUT2D eigenvalue weighted by Crippen LogP contribution is -2.43. The van der Waals surface area contributed by atoms with Gasteiger partial charge in [-0.2, -0.15) is 0 Å². The van der Waals surface area contributed by atoms with Gasteiger partial charge in [-0.3, -0.25) is 9.78 Å². The molecule has 0 unspecified atom stereocenters. The number of carbonyl (C=O) groups is 1. The van der Waals surface area contributed by atoms with Crippen LogP contribution < -0.4 is 9.47 Å². The third-order valence-corrected chi connectivity index (χ3v) is 15.8. The molecule has 3 aromatic carbocycles. The van der Waals surface area contributed by atoms with Crippen molar-refractivity contribution >= 4 is 31.6 Å². The molecule has 0 fully saturated rings. The monoisotopic (exact) mass is 662 g/mol. The lowest BCUT2D eigenvalue weighted by molar-refractivity contribution is 0.111. The molecule has 5 nitrogen and oxygen atoms in total. The molecule has 0 amide bonds. The molecule has 0 bridgehead atoms. The largest absolute Gasteiger partial charge is 0.488 e. The van der Waals surface area contributed by atoms with Crippen molar-refractivity contribution < 1.29 is 14.3 Å². The van der Waals surface area contributed by atoms with Crippen LogP contribution >= 0.6 is 11.6 Å². The summed E-state index contributed by atoms with van der Waals surface area (Å²) in [6, 6.07) is 17.5. The minimum absolute atomic E-state index is 0.137. The van der Waals surface area contributed by atoms with Crippen LogP contribution in [0.15, 0.2) is 67.0 Å². The highest BCUT2D eigenvalue weighted by molar-refractivity contribution is 6.90. The Bertz CT molecular complexity index is 1840. The molecule has 0 saturated heterocycles. The maximum absolute atomic E-state index is 11.8. The number of hydrogen-bond acceptors (Lipinski definition) is 4. The number of carbonyl (C=O) groups excluding carboxylic acids is 1. The fourth-order valence-corrected chi connectivity index (χ4v) is 12.1. The second-order valence-electron chi connectivity index (χ2n) is 12.9. The Morgan fingerprint density at radius 2 is 1.51 bits per heavy atom. The summed E-state index contributed by atoms with van der Waals surface area (Å²) in [5, 5.41) is 0.316. The molecule has 0 atom stereocenters. The molecular formula is C40H43ClN2O3Si. The number of ether oxygens (including phenoxy) is 2. The van der Waals surface area contributed by atoms with Crippen LogP contribution in [-0.2, 0) is 13.2 Å². The molecule has 0 aliphatic rings. The second-order valence-corrected chi connectivity index (χ2v) is 18.9. The van der Waals surface area contributed by atoms with Crippen molar-refractivity contribution in [2.45, 2.75) is 85.2 Å². The van der Waals surface area contributed by atoms with Crippen molar-refractivity contribution in [3.63, 3.8) is 0 Å². The van der Waals surface area contributed by atoms with Crippen LogP contribution in [0.2, 0.25) is 21.6 Å². The van der Waals surface area contributed by atoms with E-state index in [1.54, 1.807) is 24.4 Å². The van der Waals surface area contributed by atoms with E-state index in [1.807, 2.05) is 12.1 Å². The zero-order chi connectivity index (χ0) is 34.3. The predicted octanol–water partition coefficient (Wildman–Crippen LogP) is 11.1. The van der Waals surface area contributed by atoms with E-state index >= 15 is 0 Å². The third-order valence-electron chi connectivity index (χ3n) is 9.23. The molecule has 47 heavy (non-hydrogen) atoms. The fourth-order valence-electron chi connectivity index (χ4n) is 6.61. The molecule has 0 radical (unpaired) electrons. The molecule has 0 aliphatic heterocycles. The highest BCUT2D eigenvalue weighted by Gasteiger charge is 2.41. The first-order valence-electron chi connectivity index (χ1n) is 16.0. The zero-order valence-corrected chi connectivity index (χ0v) is 30.3. The van der Waals surface area contributed by atoms with Gasteiger partial charge in [0.1, 0.15) is 32.8 Å². The highest BCUT2D eigenvalue weighted by Crippen LogP contribution is 2.41. The van der Waals surface area contributed by atoms with E-state index in [1.165, 1.54) is 11.8 Å². The standard InChI is InChI=1S/C40H43ClN2O3Si/c1-26(2)47(27(3)4,28(5)6)17-16-32-12-10-14-36(29(32)7)37-15-11-13-33(30(37)8)25-46-40-20-39(34(23-44)19-38(40)41)45-24-31-18-35(42-9)22-43-21-31/h10-15,18-23,26-28H,24-25H2,1-8H3. The van der Waals surface area contributed by atoms with E-state index < -0.39 is 8.07 Å². The molecule has 0 aliphatic carbocycles. The number of nitrogens with zero attached hydrogens (tertiary/aromatic N) is 2. The van der Waals surface area contributed by atoms with Gasteiger partial charge in [0.05, 0.1) is 17.2 Å². The molecule has 242 valence electrons. The van der Waals surface area contributed by atoms with Crippen LogP contribution in [-0.4, -0.2) is 19.3 Å². The summed E-state index contributed by atoms with van der Waals surface area (Å²) < 4.78 is 12.2. The summed E-state index contributed by atoms with van der Waals surface area (Å²) in [5.41, 5.74) is 13.7.